The van der Waals surface area contributed by atoms with E-state index in [1.54, 1.807) is 20.5 Å². The first-order valence-corrected chi connectivity index (χ1v) is 12.5. The molecule has 35 heavy (non-hydrogen) atoms. The lowest BCUT2D eigenvalue weighted by Crippen LogP contribution is -2.55. The summed E-state index contributed by atoms with van der Waals surface area (Å²) >= 11 is 6.77. The van der Waals surface area contributed by atoms with E-state index in [-0.39, 0.29) is 10.9 Å². The maximum atomic E-state index is 6.77. The van der Waals surface area contributed by atoms with Crippen LogP contribution in [0.1, 0.15) is 18.3 Å². The van der Waals surface area contributed by atoms with Crippen molar-refractivity contribution < 1.29 is 9.47 Å². The molecule has 3 heterocycles. The van der Waals surface area contributed by atoms with E-state index in [0.717, 1.165) is 67.2 Å². The molecule has 1 fully saturated rings. The van der Waals surface area contributed by atoms with Gasteiger partial charge in [-0.3, -0.25) is 9.58 Å². The molecule has 0 spiro atoms. The first kappa shape index (κ1) is 23.9. The predicted octanol–water partition coefficient (Wildman–Crippen LogP) is 3.48. The Kier molecular flexibility index (Phi) is 6.86. The highest BCUT2D eigenvalue weighted by Crippen LogP contribution is 2.34. The molecule has 0 saturated carbocycles. The molecule has 2 atom stereocenters. The molecule has 0 bridgehead atoms. The summed E-state index contributed by atoms with van der Waals surface area (Å²) in [4.78, 5) is 12.0. The Labute approximate surface area is 211 Å². The average molecular weight is 497 g/mol. The zero-order valence-corrected chi connectivity index (χ0v) is 21.3. The number of nitrogens with one attached hydrogen (secondary N) is 1. The van der Waals surface area contributed by atoms with Crippen LogP contribution in [0.15, 0.2) is 49.0 Å². The molecule has 1 aliphatic carbocycles. The molecule has 0 radical (unpaired) electrons. The van der Waals surface area contributed by atoms with E-state index >= 15 is 0 Å². The molecule has 2 aliphatic rings. The molecule has 8 nitrogen and oxygen atoms in total. The molecular weight excluding hydrogens is 464 g/mol. The Hall–Kier alpha value is -2.81. The van der Waals surface area contributed by atoms with Gasteiger partial charge in [0.05, 0.1) is 54.9 Å². The van der Waals surface area contributed by atoms with Crippen LogP contribution in [-0.2, 0) is 13.0 Å². The molecule has 5 rings (SSSR count). The molecule has 3 aromatic rings. The monoisotopic (exact) mass is 496 g/mol. The van der Waals surface area contributed by atoms with E-state index in [1.807, 2.05) is 29.1 Å². The number of ether oxygens (including phenoxy) is 2. The van der Waals surface area contributed by atoms with Crippen LogP contribution in [0, 0.1) is 0 Å². The average Bonchev–Trinajstić information content (AvgIpc) is 3.50. The Morgan fingerprint density at radius 2 is 1.89 bits per heavy atom. The zero-order chi connectivity index (χ0) is 24.4. The van der Waals surface area contributed by atoms with E-state index < -0.39 is 0 Å². The fourth-order valence-electron chi connectivity index (χ4n) is 5.11. The number of alkyl halides is 1. The second-order valence-electron chi connectivity index (χ2n) is 9.37. The number of hydrogen-bond donors (Lipinski definition) is 1. The summed E-state index contributed by atoms with van der Waals surface area (Å²) in [5, 5.41) is 6.09. The van der Waals surface area contributed by atoms with Crippen molar-refractivity contribution in [2.75, 3.05) is 46.9 Å². The van der Waals surface area contributed by atoms with Gasteiger partial charge in [-0.25, -0.2) is 4.98 Å². The van der Waals surface area contributed by atoms with Crippen molar-refractivity contribution in [3.63, 3.8) is 0 Å². The van der Waals surface area contributed by atoms with Crippen molar-refractivity contribution in [1.29, 1.82) is 0 Å². The van der Waals surface area contributed by atoms with E-state index in [2.05, 4.69) is 44.9 Å². The zero-order valence-electron chi connectivity index (χ0n) is 20.6. The van der Waals surface area contributed by atoms with Crippen LogP contribution in [0.4, 0.5) is 0 Å². The number of imidazole rings is 1. The van der Waals surface area contributed by atoms with E-state index in [9.17, 15) is 0 Å². The molecule has 1 saturated heterocycles. The van der Waals surface area contributed by atoms with Crippen molar-refractivity contribution in [2.24, 2.45) is 0 Å². The Balaban J connectivity index is 1.30. The Morgan fingerprint density at radius 3 is 2.57 bits per heavy atom. The van der Waals surface area contributed by atoms with Crippen molar-refractivity contribution in [3.05, 3.63) is 60.3 Å². The van der Waals surface area contributed by atoms with Gasteiger partial charge in [-0.2, -0.15) is 5.10 Å². The molecular formula is C26H33ClN6O2. The molecule has 1 N–H and O–H groups in total. The molecule has 1 aliphatic heterocycles. The first-order chi connectivity index (χ1) is 17.0. The normalized spacial score (nSPS) is 23.3. The van der Waals surface area contributed by atoms with Crippen LogP contribution >= 0.6 is 11.6 Å². The van der Waals surface area contributed by atoms with Crippen LogP contribution < -0.4 is 9.47 Å². The predicted molar refractivity (Wildman–Crippen MR) is 139 cm³/mol. The molecule has 2 unspecified atom stereocenters. The highest BCUT2D eigenvalue weighted by atomic mass is 35.5. The molecule has 1 aromatic carbocycles. The van der Waals surface area contributed by atoms with Gasteiger partial charge >= 0.3 is 0 Å². The summed E-state index contributed by atoms with van der Waals surface area (Å²) in [5.41, 5.74) is 3.09. The number of rotatable bonds is 8. The highest BCUT2D eigenvalue weighted by Gasteiger charge is 2.35. The van der Waals surface area contributed by atoms with E-state index in [4.69, 9.17) is 26.2 Å². The van der Waals surface area contributed by atoms with Crippen molar-refractivity contribution in [1.82, 2.24) is 29.5 Å². The minimum Gasteiger partial charge on any atom is -0.493 e. The van der Waals surface area contributed by atoms with E-state index in [0.29, 0.717) is 12.3 Å². The van der Waals surface area contributed by atoms with Crippen molar-refractivity contribution in [3.8, 4) is 11.5 Å². The smallest absolute Gasteiger partial charge is 0.162 e. The minimum atomic E-state index is -0.350. The van der Waals surface area contributed by atoms with Gasteiger partial charge in [0.2, 0.25) is 0 Å². The van der Waals surface area contributed by atoms with Gasteiger partial charge in [-0.05, 0) is 13.0 Å². The minimum absolute atomic E-state index is 0.237. The number of aromatic amines is 1. The van der Waals surface area contributed by atoms with Gasteiger partial charge in [0.15, 0.2) is 11.5 Å². The largest absolute Gasteiger partial charge is 0.493 e. The number of hydrogen-bond acceptors (Lipinski definition) is 6. The lowest BCUT2D eigenvalue weighted by atomic mass is 9.94. The number of allylic oxidation sites excluding steroid dienone is 2. The molecule has 0 amide bonds. The van der Waals surface area contributed by atoms with Crippen molar-refractivity contribution in [2.45, 2.75) is 30.8 Å². The van der Waals surface area contributed by atoms with Crippen LogP contribution in [0.5, 0.6) is 11.5 Å². The van der Waals surface area contributed by atoms with Gasteiger partial charge in [0.25, 0.3) is 0 Å². The number of benzene rings is 1. The van der Waals surface area contributed by atoms with Crippen LogP contribution in [0.2, 0.25) is 0 Å². The fourth-order valence-corrected chi connectivity index (χ4v) is 5.40. The third kappa shape index (κ3) is 4.96. The Bertz CT molecular complexity index is 1210. The van der Waals surface area contributed by atoms with Gasteiger partial charge in [0, 0.05) is 56.8 Å². The number of nitrogens with zero attached hydrogens (tertiary/aromatic N) is 5. The van der Waals surface area contributed by atoms with Gasteiger partial charge in [0.1, 0.15) is 0 Å². The summed E-state index contributed by atoms with van der Waals surface area (Å²) < 4.78 is 13.2. The topological polar surface area (TPSA) is 71.4 Å². The van der Waals surface area contributed by atoms with Crippen LogP contribution in [0.3, 0.4) is 0 Å². The number of halogens is 1. The second kappa shape index (κ2) is 10.0. The summed E-state index contributed by atoms with van der Waals surface area (Å²) in [6.45, 7) is 7.72. The maximum Gasteiger partial charge on any atom is 0.162 e. The lowest BCUT2D eigenvalue weighted by molar-refractivity contribution is 0.104. The van der Waals surface area contributed by atoms with Gasteiger partial charge < -0.3 is 19.4 Å². The number of methoxy groups -OCH3 is 2. The fraction of sp³-hybridized carbons (Fsp3) is 0.462. The van der Waals surface area contributed by atoms with Crippen LogP contribution in [-0.4, -0.2) is 87.4 Å². The van der Waals surface area contributed by atoms with E-state index in [1.165, 1.54) is 0 Å². The maximum absolute atomic E-state index is 6.77. The summed E-state index contributed by atoms with van der Waals surface area (Å²) in [6.07, 6.45) is 12.9. The number of H-pyrrole nitrogens is 1. The molecule has 186 valence electrons. The SMILES string of the molecule is COc1cc2c(CCN3CCN(C4C=CC=CC4(C)Cl)CC3)nn(Cc3cnc[nH]3)c2cc1OC. The van der Waals surface area contributed by atoms with Crippen LogP contribution in [0.25, 0.3) is 10.9 Å². The summed E-state index contributed by atoms with van der Waals surface area (Å²) in [7, 11) is 3.33. The first-order valence-electron chi connectivity index (χ1n) is 12.1. The Morgan fingerprint density at radius 1 is 1.11 bits per heavy atom. The highest BCUT2D eigenvalue weighted by molar-refractivity contribution is 6.25. The van der Waals surface area contributed by atoms with Crippen molar-refractivity contribution >= 4 is 22.5 Å². The third-order valence-corrected chi connectivity index (χ3v) is 7.43. The summed E-state index contributed by atoms with van der Waals surface area (Å²) in [5.74, 6) is 1.42. The standard InChI is InChI=1S/C26H33ClN6O2/c1-26(27)8-5-4-6-25(26)32-12-10-31(11-13-32)9-7-21-20-14-23(34-2)24(35-3)15-22(20)33(30-21)17-19-16-28-18-29-19/h4-6,8,14-16,18,25H,7,9-13,17H2,1-3H3,(H,28,29). The second-order valence-corrected chi connectivity index (χ2v) is 10.2. The molecule has 2 aromatic heterocycles. The third-order valence-electron chi connectivity index (χ3n) is 7.08. The summed E-state index contributed by atoms with van der Waals surface area (Å²) in [6, 6.07) is 4.29. The van der Waals surface area contributed by atoms with Gasteiger partial charge in [-0.15, -0.1) is 11.6 Å². The number of fused-ring (bicyclic) bond motifs is 1. The van der Waals surface area contributed by atoms with Gasteiger partial charge in [-0.1, -0.05) is 24.3 Å². The number of piperazine rings is 1. The molecule has 9 heteroatoms. The quantitative estimate of drug-likeness (QED) is 0.481. The number of aromatic nitrogens is 4. The lowest BCUT2D eigenvalue weighted by Gasteiger charge is -2.43.